The van der Waals surface area contributed by atoms with Crippen molar-refractivity contribution in [2.24, 2.45) is 11.3 Å². The average Bonchev–Trinajstić information content (AvgIpc) is 3.16. The molecular weight excluding hydrogens is 450 g/mol. The molecule has 0 aliphatic carbocycles. The van der Waals surface area contributed by atoms with Crippen molar-refractivity contribution in [3.8, 4) is 6.07 Å². The van der Waals surface area contributed by atoms with Gasteiger partial charge in [-0.15, -0.1) is 0 Å². The molecule has 0 saturated carbocycles. The molecule has 5 nitrogen and oxygen atoms in total. The number of anilines is 1. The third kappa shape index (κ3) is 4.60. The zero-order valence-corrected chi connectivity index (χ0v) is 18.7. The predicted octanol–water partition coefficient (Wildman–Crippen LogP) is 4.72. The number of ether oxygens (including phenoxy) is 1. The number of likely N-dealkylation sites (tertiary alicyclic amines) is 1. The Hall–Kier alpha value is -3.12. The van der Waals surface area contributed by atoms with E-state index in [4.69, 9.17) is 10.00 Å². The first-order valence-electron chi connectivity index (χ1n) is 11.1. The lowest BCUT2D eigenvalue weighted by Gasteiger charge is -2.42. The molecule has 0 N–H and O–H groups in total. The minimum absolute atomic E-state index is 0.0885. The maximum absolute atomic E-state index is 13.5. The van der Waals surface area contributed by atoms with E-state index in [1.54, 1.807) is 24.1 Å². The van der Waals surface area contributed by atoms with Crippen LogP contribution in [-0.2, 0) is 10.9 Å². The van der Waals surface area contributed by atoms with E-state index in [2.05, 4.69) is 0 Å². The molecule has 1 spiro atoms. The number of carbonyl (C=O) groups excluding carboxylic acids is 1. The van der Waals surface area contributed by atoms with E-state index in [0.717, 1.165) is 6.07 Å². The number of rotatable bonds is 4. The Labute approximate surface area is 195 Å². The van der Waals surface area contributed by atoms with Gasteiger partial charge in [-0.1, -0.05) is 0 Å². The summed E-state index contributed by atoms with van der Waals surface area (Å²) >= 11 is 0. The average molecular weight is 475 g/mol. The number of piperidine rings is 1. The van der Waals surface area contributed by atoms with Gasteiger partial charge in [-0.2, -0.15) is 18.4 Å². The van der Waals surface area contributed by atoms with Crippen LogP contribution in [0.4, 0.5) is 23.2 Å². The molecule has 1 amide bonds. The van der Waals surface area contributed by atoms with Gasteiger partial charge >= 0.3 is 6.18 Å². The maximum atomic E-state index is 13.5. The van der Waals surface area contributed by atoms with Crippen molar-refractivity contribution < 1.29 is 27.1 Å². The Morgan fingerprint density at radius 1 is 1.18 bits per heavy atom. The molecule has 2 aromatic carbocycles. The molecule has 2 aliphatic heterocycles. The summed E-state index contributed by atoms with van der Waals surface area (Å²) in [6.45, 7) is 2.55. The SMILES string of the molecule is COCC1CN(c2ccc(C#N)c(C(F)(F)F)c2)CC12CCN(C(=O)c1ccc(F)cc1)CC2. The quantitative estimate of drug-likeness (QED) is 0.601. The van der Waals surface area contributed by atoms with Crippen molar-refractivity contribution in [1.29, 1.82) is 5.26 Å². The number of alkyl halides is 3. The van der Waals surface area contributed by atoms with Gasteiger partial charge in [0.05, 0.1) is 23.8 Å². The normalized spacial score (nSPS) is 19.9. The van der Waals surface area contributed by atoms with Crippen molar-refractivity contribution >= 4 is 11.6 Å². The second-order valence-electron chi connectivity index (χ2n) is 9.03. The largest absolute Gasteiger partial charge is 0.417 e. The number of halogens is 4. The number of hydrogen-bond acceptors (Lipinski definition) is 4. The third-order valence-corrected chi connectivity index (χ3v) is 7.11. The number of methoxy groups -OCH3 is 1. The Kier molecular flexibility index (Phi) is 6.54. The summed E-state index contributed by atoms with van der Waals surface area (Å²) < 4.78 is 59.1. The summed E-state index contributed by atoms with van der Waals surface area (Å²) in [5.74, 6) is -0.473. The van der Waals surface area contributed by atoms with E-state index >= 15 is 0 Å². The van der Waals surface area contributed by atoms with Crippen LogP contribution in [-0.4, -0.2) is 50.7 Å². The molecule has 9 heteroatoms. The van der Waals surface area contributed by atoms with Crippen LogP contribution >= 0.6 is 0 Å². The van der Waals surface area contributed by atoms with Crippen LogP contribution < -0.4 is 4.90 Å². The molecule has 180 valence electrons. The van der Waals surface area contributed by atoms with Gasteiger partial charge in [-0.05, 0) is 60.7 Å². The topological polar surface area (TPSA) is 56.6 Å². The Morgan fingerprint density at radius 3 is 2.44 bits per heavy atom. The second-order valence-corrected chi connectivity index (χ2v) is 9.03. The first kappa shape index (κ1) is 24.0. The molecular formula is C25H25F4N3O2. The molecule has 4 rings (SSSR count). The maximum Gasteiger partial charge on any atom is 0.417 e. The van der Waals surface area contributed by atoms with E-state index < -0.39 is 23.1 Å². The Bertz CT molecular complexity index is 1090. The number of nitrogens with zero attached hydrogens (tertiary/aromatic N) is 3. The van der Waals surface area contributed by atoms with E-state index in [9.17, 15) is 22.4 Å². The van der Waals surface area contributed by atoms with E-state index in [0.29, 0.717) is 56.9 Å². The highest BCUT2D eigenvalue weighted by Gasteiger charge is 2.49. The van der Waals surface area contributed by atoms with E-state index in [-0.39, 0.29) is 17.2 Å². The Balaban J connectivity index is 1.53. The van der Waals surface area contributed by atoms with Crippen LogP contribution in [0.15, 0.2) is 42.5 Å². The van der Waals surface area contributed by atoms with Crippen molar-refractivity contribution in [3.05, 3.63) is 65.0 Å². The van der Waals surface area contributed by atoms with E-state index in [1.165, 1.54) is 30.3 Å². The number of carbonyl (C=O) groups is 1. The highest BCUT2D eigenvalue weighted by Crippen LogP contribution is 2.47. The van der Waals surface area contributed by atoms with Crippen molar-refractivity contribution in [1.82, 2.24) is 4.90 Å². The molecule has 0 bridgehead atoms. The van der Waals surface area contributed by atoms with Crippen LogP contribution in [0.1, 0.15) is 34.3 Å². The molecule has 0 aromatic heterocycles. The number of hydrogen-bond donors (Lipinski definition) is 0. The van der Waals surface area contributed by atoms with Gasteiger partial charge in [-0.25, -0.2) is 4.39 Å². The lowest BCUT2D eigenvalue weighted by Crippen LogP contribution is -2.47. The first-order valence-corrected chi connectivity index (χ1v) is 11.1. The van der Waals surface area contributed by atoms with Crippen LogP contribution in [0.3, 0.4) is 0 Å². The van der Waals surface area contributed by atoms with Crippen molar-refractivity contribution in [2.45, 2.75) is 19.0 Å². The molecule has 2 aromatic rings. The van der Waals surface area contributed by atoms with Gasteiger partial charge in [-0.3, -0.25) is 4.79 Å². The zero-order valence-electron chi connectivity index (χ0n) is 18.7. The predicted molar refractivity (Wildman–Crippen MR) is 118 cm³/mol. The monoisotopic (exact) mass is 475 g/mol. The highest BCUT2D eigenvalue weighted by atomic mass is 19.4. The summed E-state index contributed by atoms with van der Waals surface area (Å²) in [6.07, 6.45) is -3.24. The zero-order chi connectivity index (χ0) is 24.5. The fourth-order valence-corrected chi connectivity index (χ4v) is 5.22. The Morgan fingerprint density at radius 2 is 1.85 bits per heavy atom. The smallest absolute Gasteiger partial charge is 0.384 e. The van der Waals surface area contributed by atoms with Crippen LogP contribution in [0.5, 0.6) is 0 Å². The van der Waals surface area contributed by atoms with Crippen molar-refractivity contribution in [2.75, 3.05) is 44.8 Å². The molecule has 1 atom stereocenters. The molecule has 2 aliphatic rings. The molecule has 0 radical (unpaired) electrons. The van der Waals surface area contributed by atoms with Crippen LogP contribution in [0, 0.1) is 28.5 Å². The summed E-state index contributed by atoms with van der Waals surface area (Å²) in [6, 6.07) is 10.9. The second kappa shape index (κ2) is 9.26. The van der Waals surface area contributed by atoms with E-state index in [1.807, 2.05) is 4.90 Å². The number of benzene rings is 2. The number of nitriles is 1. The minimum Gasteiger partial charge on any atom is -0.384 e. The standard InChI is InChI=1S/C25H25F4N3O2/c1-34-15-19-14-32(21-7-4-18(13-30)22(12-21)25(27,28)29)16-24(19)8-10-31(11-9-24)23(33)17-2-5-20(26)6-3-17/h2-7,12,19H,8-11,14-16H2,1H3. The van der Waals surface area contributed by atoms with Crippen molar-refractivity contribution in [3.63, 3.8) is 0 Å². The lowest BCUT2D eigenvalue weighted by molar-refractivity contribution is -0.137. The number of amides is 1. The highest BCUT2D eigenvalue weighted by molar-refractivity contribution is 5.94. The van der Waals surface area contributed by atoms with Gasteiger partial charge < -0.3 is 14.5 Å². The van der Waals surface area contributed by atoms with Gasteiger partial charge in [0.25, 0.3) is 5.91 Å². The molecule has 1 unspecified atom stereocenters. The summed E-state index contributed by atoms with van der Waals surface area (Å²) in [4.78, 5) is 16.5. The van der Waals surface area contributed by atoms with Gasteiger partial charge in [0.15, 0.2) is 0 Å². The third-order valence-electron chi connectivity index (χ3n) is 7.11. The van der Waals surface area contributed by atoms with Crippen LogP contribution in [0.25, 0.3) is 0 Å². The molecule has 2 fully saturated rings. The summed E-state index contributed by atoms with van der Waals surface area (Å²) in [5.41, 5.74) is -0.685. The van der Waals surface area contributed by atoms with Gasteiger partial charge in [0.2, 0.25) is 0 Å². The summed E-state index contributed by atoms with van der Waals surface area (Å²) in [5, 5.41) is 9.08. The fourth-order valence-electron chi connectivity index (χ4n) is 5.22. The van der Waals surface area contributed by atoms with Gasteiger partial charge in [0.1, 0.15) is 5.82 Å². The minimum atomic E-state index is -4.61. The fraction of sp³-hybridized carbons (Fsp3) is 0.440. The lowest BCUT2D eigenvalue weighted by atomic mass is 9.71. The molecule has 2 heterocycles. The van der Waals surface area contributed by atoms with Crippen LogP contribution in [0.2, 0.25) is 0 Å². The first-order chi connectivity index (χ1) is 16.2. The summed E-state index contributed by atoms with van der Waals surface area (Å²) in [7, 11) is 1.60. The molecule has 34 heavy (non-hydrogen) atoms. The van der Waals surface area contributed by atoms with Gasteiger partial charge in [0, 0.05) is 50.5 Å². The molecule has 2 saturated heterocycles.